The Morgan fingerprint density at radius 2 is 2.07 bits per heavy atom. The molecule has 0 aromatic heterocycles. The maximum Gasteiger partial charge on any atom is 0.0497 e. The van der Waals surface area contributed by atoms with Gasteiger partial charge in [0.2, 0.25) is 0 Å². The van der Waals surface area contributed by atoms with Gasteiger partial charge in [-0.3, -0.25) is 0 Å². The summed E-state index contributed by atoms with van der Waals surface area (Å²) in [6.07, 6.45) is 3.27. The molecule has 0 saturated carbocycles. The molecule has 0 heterocycles. The van der Waals surface area contributed by atoms with Gasteiger partial charge < -0.3 is 14.7 Å². The largest absolute Gasteiger partial charge is 0.396 e. The highest BCUT2D eigenvalue weighted by Gasteiger charge is 2.23. The van der Waals surface area contributed by atoms with Gasteiger partial charge in [0.25, 0.3) is 0 Å². The number of aliphatic hydroxyl groups is 1. The Morgan fingerprint density at radius 1 is 1.40 bits per heavy atom. The number of ether oxygens (including phenoxy) is 1. The van der Waals surface area contributed by atoms with Crippen molar-refractivity contribution in [1.29, 1.82) is 0 Å². The standard InChI is InChI=1S/C12H27NO2/c1-5-7-12(2,11-14)10-13(3)8-6-9-15-4/h14H,5-11H2,1-4H3. The first-order chi connectivity index (χ1) is 7.08. The van der Waals surface area contributed by atoms with Gasteiger partial charge in [-0.25, -0.2) is 0 Å². The molecule has 15 heavy (non-hydrogen) atoms. The zero-order chi connectivity index (χ0) is 11.7. The molecule has 3 nitrogen and oxygen atoms in total. The summed E-state index contributed by atoms with van der Waals surface area (Å²) in [5, 5.41) is 9.39. The second-order valence-electron chi connectivity index (χ2n) is 4.80. The first-order valence-corrected chi connectivity index (χ1v) is 5.86. The minimum Gasteiger partial charge on any atom is -0.396 e. The maximum absolute atomic E-state index is 9.39. The van der Waals surface area contributed by atoms with E-state index < -0.39 is 0 Å². The van der Waals surface area contributed by atoms with Crippen molar-refractivity contribution >= 4 is 0 Å². The second kappa shape index (κ2) is 8.08. The molecular weight excluding hydrogens is 190 g/mol. The molecule has 0 aromatic rings. The van der Waals surface area contributed by atoms with E-state index in [-0.39, 0.29) is 12.0 Å². The predicted octanol–water partition coefficient (Wildman–Crippen LogP) is 1.75. The summed E-state index contributed by atoms with van der Waals surface area (Å²) in [6.45, 7) is 7.40. The third kappa shape index (κ3) is 6.88. The molecule has 3 heteroatoms. The zero-order valence-corrected chi connectivity index (χ0v) is 10.8. The van der Waals surface area contributed by atoms with Gasteiger partial charge in [-0.2, -0.15) is 0 Å². The van der Waals surface area contributed by atoms with Crippen LogP contribution in [-0.2, 0) is 4.74 Å². The molecule has 0 aliphatic rings. The van der Waals surface area contributed by atoms with Crippen LogP contribution in [-0.4, -0.2) is 50.5 Å². The van der Waals surface area contributed by atoms with Crippen LogP contribution in [0.5, 0.6) is 0 Å². The highest BCUT2D eigenvalue weighted by molar-refractivity contribution is 4.76. The normalized spacial score (nSPS) is 15.6. The number of methoxy groups -OCH3 is 1. The maximum atomic E-state index is 9.39. The Hall–Kier alpha value is -0.120. The van der Waals surface area contributed by atoms with Crippen LogP contribution in [0.15, 0.2) is 0 Å². The molecule has 0 fully saturated rings. The minimum atomic E-state index is 0.0522. The SMILES string of the molecule is CCCC(C)(CO)CN(C)CCCOC. The van der Waals surface area contributed by atoms with E-state index in [0.29, 0.717) is 0 Å². The summed E-state index contributed by atoms with van der Waals surface area (Å²) in [5.74, 6) is 0. The summed E-state index contributed by atoms with van der Waals surface area (Å²) in [7, 11) is 3.84. The van der Waals surface area contributed by atoms with Gasteiger partial charge in [0, 0.05) is 38.8 Å². The van der Waals surface area contributed by atoms with Crippen molar-refractivity contribution < 1.29 is 9.84 Å². The summed E-state index contributed by atoms with van der Waals surface area (Å²) in [5.41, 5.74) is 0.0522. The van der Waals surface area contributed by atoms with Crippen LogP contribution in [0.3, 0.4) is 0 Å². The Bertz CT molecular complexity index is 153. The fourth-order valence-corrected chi connectivity index (χ4v) is 2.02. The molecule has 1 atom stereocenters. The first-order valence-electron chi connectivity index (χ1n) is 5.86. The van der Waals surface area contributed by atoms with Gasteiger partial charge in [0.1, 0.15) is 0 Å². The number of nitrogens with zero attached hydrogens (tertiary/aromatic N) is 1. The number of rotatable bonds is 9. The number of hydrogen-bond acceptors (Lipinski definition) is 3. The van der Waals surface area contributed by atoms with Crippen LogP contribution in [0.2, 0.25) is 0 Å². The van der Waals surface area contributed by atoms with Crippen LogP contribution >= 0.6 is 0 Å². The van der Waals surface area contributed by atoms with E-state index in [1.165, 1.54) is 0 Å². The van der Waals surface area contributed by atoms with E-state index in [1.807, 2.05) is 0 Å². The monoisotopic (exact) mass is 217 g/mol. The second-order valence-corrected chi connectivity index (χ2v) is 4.80. The summed E-state index contributed by atoms with van der Waals surface area (Å²) in [4.78, 5) is 2.28. The van der Waals surface area contributed by atoms with Crippen molar-refractivity contribution in [2.75, 3.05) is 40.5 Å². The number of aliphatic hydroxyl groups excluding tert-OH is 1. The van der Waals surface area contributed by atoms with E-state index >= 15 is 0 Å². The molecule has 1 unspecified atom stereocenters. The zero-order valence-electron chi connectivity index (χ0n) is 10.8. The van der Waals surface area contributed by atoms with Crippen LogP contribution in [0, 0.1) is 5.41 Å². The van der Waals surface area contributed by atoms with Crippen molar-refractivity contribution in [1.82, 2.24) is 4.90 Å². The lowest BCUT2D eigenvalue weighted by molar-refractivity contribution is 0.0856. The molecular formula is C12H27NO2. The average Bonchev–Trinajstić information content (AvgIpc) is 2.18. The van der Waals surface area contributed by atoms with Crippen molar-refractivity contribution in [3.05, 3.63) is 0 Å². The predicted molar refractivity (Wildman–Crippen MR) is 64.1 cm³/mol. The lowest BCUT2D eigenvalue weighted by Crippen LogP contribution is -2.36. The third-order valence-electron chi connectivity index (χ3n) is 2.78. The van der Waals surface area contributed by atoms with Gasteiger partial charge in [0.05, 0.1) is 0 Å². The quantitative estimate of drug-likeness (QED) is 0.597. The molecule has 0 spiro atoms. The molecule has 0 saturated heterocycles. The Morgan fingerprint density at radius 3 is 2.53 bits per heavy atom. The van der Waals surface area contributed by atoms with Crippen LogP contribution in [0.1, 0.15) is 33.1 Å². The Balaban J connectivity index is 3.84. The van der Waals surface area contributed by atoms with E-state index in [1.54, 1.807) is 7.11 Å². The highest BCUT2D eigenvalue weighted by atomic mass is 16.5. The van der Waals surface area contributed by atoms with Crippen molar-refractivity contribution in [3.8, 4) is 0 Å². The molecule has 0 radical (unpaired) electrons. The van der Waals surface area contributed by atoms with E-state index in [9.17, 15) is 5.11 Å². The van der Waals surface area contributed by atoms with Crippen molar-refractivity contribution in [3.63, 3.8) is 0 Å². The molecule has 0 aromatic carbocycles. The smallest absolute Gasteiger partial charge is 0.0497 e. The van der Waals surface area contributed by atoms with Gasteiger partial charge in [-0.05, 0) is 19.9 Å². The van der Waals surface area contributed by atoms with E-state index in [4.69, 9.17) is 4.74 Å². The summed E-state index contributed by atoms with van der Waals surface area (Å²) < 4.78 is 5.02. The average molecular weight is 217 g/mol. The lowest BCUT2D eigenvalue weighted by atomic mass is 9.86. The fourth-order valence-electron chi connectivity index (χ4n) is 2.02. The van der Waals surface area contributed by atoms with Crippen LogP contribution < -0.4 is 0 Å². The first kappa shape index (κ1) is 14.9. The van der Waals surface area contributed by atoms with Gasteiger partial charge in [-0.15, -0.1) is 0 Å². The Kier molecular flexibility index (Phi) is 8.02. The topological polar surface area (TPSA) is 32.7 Å². The molecule has 0 aliphatic heterocycles. The van der Waals surface area contributed by atoms with Crippen molar-refractivity contribution in [2.45, 2.75) is 33.1 Å². The van der Waals surface area contributed by atoms with E-state index in [2.05, 4.69) is 25.8 Å². The van der Waals surface area contributed by atoms with Gasteiger partial charge in [0.15, 0.2) is 0 Å². The van der Waals surface area contributed by atoms with Crippen LogP contribution in [0.25, 0.3) is 0 Å². The van der Waals surface area contributed by atoms with Crippen LogP contribution in [0.4, 0.5) is 0 Å². The third-order valence-corrected chi connectivity index (χ3v) is 2.78. The summed E-state index contributed by atoms with van der Waals surface area (Å²) >= 11 is 0. The molecule has 0 bridgehead atoms. The number of hydrogen-bond donors (Lipinski definition) is 1. The molecule has 0 rings (SSSR count). The minimum absolute atomic E-state index is 0.0522. The molecule has 0 amide bonds. The summed E-state index contributed by atoms with van der Waals surface area (Å²) in [6, 6.07) is 0. The van der Waals surface area contributed by atoms with Gasteiger partial charge >= 0.3 is 0 Å². The Labute approximate surface area is 94.4 Å². The lowest BCUT2D eigenvalue weighted by Gasteiger charge is -2.32. The van der Waals surface area contributed by atoms with Crippen molar-refractivity contribution in [2.24, 2.45) is 5.41 Å². The fraction of sp³-hybridized carbons (Fsp3) is 1.00. The molecule has 1 N–H and O–H groups in total. The molecule has 0 aliphatic carbocycles. The highest BCUT2D eigenvalue weighted by Crippen LogP contribution is 2.23. The van der Waals surface area contributed by atoms with E-state index in [0.717, 1.165) is 39.0 Å². The van der Waals surface area contributed by atoms with Gasteiger partial charge in [-0.1, -0.05) is 20.3 Å². The molecule has 92 valence electrons.